The van der Waals surface area contributed by atoms with Crippen LogP contribution in [0.3, 0.4) is 0 Å². The first-order valence-electron chi connectivity index (χ1n) is 12.5. The molecular weight excluding hydrogens is 542 g/mol. The number of para-hydroxylation sites is 1. The molecule has 4 aromatic rings. The van der Waals surface area contributed by atoms with Crippen LogP contribution in [0, 0.1) is 10.1 Å². The van der Waals surface area contributed by atoms with Gasteiger partial charge in [0.2, 0.25) is 5.91 Å². The highest BCUT2D eigenvalue weighted by Crippen LogP contribution is 2.36. The summed E-state index contributed by atoms with van der Waals surface area (Å²) in [6, 6.07) is 30.6. The van der Waals surface area contributed by atoms with Crippen molar-refractivity contribution in [3.05, 3.63) is 130 Å². The second-order valence-corrected chi connectivity index (χ2v) is 10.1. The number of carbonyl (C=O) groups excluding carboxylic acids is 3. The van der Waals surface area contributed by atoms with Crippen LogP contribution in [0.5, 0.6) is 0 Å². The molecular formula is C30H23N5O5S. The molecule has 5 rings (SSSR count). The molecule has 41 heavy (non-hydrogen) atoms. The topological polar surface area (TPSA) is 134 Å². The van der Waals surface area contributed by atoms with Gasteiger partial charge in [-0.25, -0.2) is 0 Å². The number of nitrogens with one attached hydrogen (secondary N) is 2. The highest BCUT2D eigenvalue weighted by atomic mass is 32.2. The molecule has 0 saturated carbocycles. The first-order chi connectivity index (χ1) is 19.9. The van der Waals surface area contributed by atoms with Gasteiger partial charge in [0.05, 0.1) is 17.0 Å². The van der Waals surface area contributed by atoms with Crippen molar-refractivity contribution in [3.63, 3.8) is 0 Å². The summed E-state index contributed by atoms with van der Waals surface area (Å²) in [5, 5.41) is 21.5. The molecule has 0 saturated heterocycles. The van der Waals surface area contributed by atoms with Gasteiger partial charge < -0.3 is 10.6 Å². The predicted octanol–water partition coefficient (Wildman–Crippen LogP) is 5.55. The Labute approximate surface area is 239 Å². The number of rotatable bonds is 8. The molecule has 3 amide bonds. The Morgan fingerprint density at radius 1 is 0.878 bits per heavy atom. The van der Waals surface area contributed by atoms with E-state index in [1.165, 1.54) is 41.0 Å². The van der Waals surface area contributed by atoms with Crippen LogP contribution in [0.25, 0.3) is 0 Å². The zero-order valence-electron chi connectivity index (χ0n) is 21.5. The van der Waals surface area contributed by atoms with E-state index in [9.17, 15) is 24.5 Å². The van der Waals surface area contributed by atoms with Gasteiger partial charge in [-0.1, -0.05) is 60.7 Å². The largest absolute Gasteiger partial charge is 0.322 e. The summed E-state index contributed by atoms with van der Waals surface area (Å²) in [6.07, 6.45) is -0.0357. The lowest BCUT2D eigenvalue weighted by Gasteiger charge is -2.17. The molecule has 1 heterocycles. The second kappa shape index (κ2) is 12.3. The van der Waals surface area contributed by atoms with Crippen LogP contribution < -0.4 is 15.6 Å². The number of nitro benzene ring substituents is 1. The first-order valence-corrected chi connectivity index (χ1v) is 13.4. The molecule has 1 aliphatic heterocycles. The van der Waals surface area contributed by atoms with Gasteiger partial charge in [-0.2, -0.15) is 10.1 Å². The molecule has 4 aromatic carbocycles. The molecule has 1 unspecified atom stereocenters. The fourth-order valence-electron chi connectivity index (χ4n) is 4.13. The third-order valence-corrected chi connectivity index (χ3v) is 7.30. The van der Waals surface area contributed by atoms with Gasteiger partial charge in [0, 0.05) is 28.3 Å². The lowest BCUT2D eigenvalue weighted by atomic mass is 10.1. The average molecular weight is 566 g/mol. The zero-order chi connectivity index (χ0) is 28.8. The Hall–Kier alpha value is -5.29. The molecule has 0 spiro atoms. The van der Waals surface area contributed by atoms with Crippen molar-refractivity contribution in [2.75, 3.05) is 10.3 Å². The van der Waals surface area contributed by atoms with Gasteiger partial charge in [-0.05, 0) is 42.0 Å². The number of anilines is 2. The number of thioether (sulfide) groups is 1. The fourth-order valence-corrected chi connectivity index (χ4v) is 5.21. The number of amidine groups is 1. The number of benzene rings is 4. The molecule has 0 aliphatic carbocycles. The third-order valence-electron chi connectivity index (χ3n) is 6.05. The average Bonchev–Trinajstić information content (AvgIpc) is 3.36. The van der Waals surface area contributed by atoms with Crippen molar-refractivity contribution in [1.82, 2.24) is 5.32 Å². The van der Waals surface area contributed by atoms with Crippen LogP contribution in [0.2, 0.25) is 0 Å². The van der Waals surface area contributed by atoms with Crippen molar-refractivity contribution in [1.29, 1.82) is 0 Å². The minimum Gasteiger partial charge on any atom is -0.322 e. The molecule has 10 nitrogen and oxygen atoms in total. The molecule has 11 heteroatoms. The highest BCUT2D eigenvalue weighted by molar-refractivity contribution is 8.00. The number of carbonyl (C=O) groups is 3. The quantitative estimate of drug-likeness (QED) is 0.164. The molecule has 0 radical (unpaired) electrons. The first kappa shape index (κ1) is 27.3. The van der Waals surface area contributed by atoms with Gasteiger partial charge in [0.1, 0.15) is 11.1 Å². The summed E-state index contributed by atoms with van der Waals surface area (Å²) < 4.78 is 0. The molecule has 2 N–H and O–H groups in total. The summed E-state index contributed by atoms with van der Waals surface area (Å²) in [5.74, 6) is -0.847. The van der Waals surface area contributed by atoms with Gasteiger partial charge in [-0.15, -0.1) is 11.8 Å². The van der Waals surface area contributed by atoms with Crippen LogP contribution in [0.4, 0.5) is 17.1 Å². The Morgan fingerprint density at radius 3 is 2.32 bits per heavy atom. The molecule has 204 valence electrons. The predicted molar refractivity (Wildman–Crippen MR) is 157 cm³/mol. The van der Waals surface area contributed by atoms with E-state index in [2.05, 4.69) is 15.7 Å². The maximum absolute atomic E-state index is 13.5. The van der Waals surface area contributed by atoms with E-state index >= 15 is 0 Å². The van der Waals surface area contributed by atoms with Crippen molar-refractivity contribution in [2.45, 2.75) is 16.6 Å². The minimum absolute atomic E-state index is 0.0357. The number of nitrogens with zero attached hydrogens (tertiary/aromatic N) is 3. The van der Waals surface area contributed by atoms with Gasteiger partial charge in [0.15, 0.2) is 0 Å². The molecule has 0 bridgehead atoms. The van der Waals surface area contributed by atoms with Crippen molar-refractivity contribution >= 4 is 52.4 Å². The van der Waals surface area contributed by atoms with Gasteiger partial charge in [-0.3, -0.25) is 24.5 Å². The third kappa shape index (κ3) is 6.65. The van der Waals surface area contributed by atoms with Gasteiger partial charge >= 0.3 is 0 Å². The monoisotopic (exact) mass is 565 g/mol. The number of nitro groups is 1. The van der Waals surface area contributed by atoms with E-state index in [4.69, 9.17) is 0 Å². The van der Waals surface area contributed by atoms with Crippen molar-refractivity contribution < 1.29 is 19.3 Å². The molecule has 0 fully saturated rings. The van der Waals surface area contributed by atoms with Crippen LogP contribution in [-0.2, 0) is 9.59 Å². The standard InChI is InChI=1S/C30H23N5O5S/c36-27-19-26(33-34(27)23-13-5-2-6-14-23)32-30(38)28(20-9-3-1-4-10-20)41-25-16-8-12-22(18-25)31-29(37)21-11-7-15-24(17-21)35(39)40/h1-18,28H,19H2,(H,31,37)(H,32,33,38). The second-order valence-electron chi connectivity index (χ2n) is 8.95. The normalized spacial score (nSPS) is 13.3. The number of non-ortho nitro benzene ring substituents is 1. The summed E-state index contributed by atoms with van der Waals surface area (Å²) >= 11 is 1.27. The Kier molecular flexibility index (Phi) is 8.16. The van der Waals surface area contributed by atoms with Crippen LogP contribution in [0.1, 0.15) is 27.6 Å². The minimum atomic E-state index is -0.692. The number of hydrogen-bond acceptors (Lipinski definition) is 7. The van der Waals surface area contributed by atoms with E-state index in [1.807, 2.05) is 42.5 Å². The molecule has 0 aromatic heterocycles. The maximum atomic E-state index is 13.5. The number of hydrazone groups is 1. The van der Waals surface area contributed by atoms with E-state index in [1.54, 1.807) is 42.5 Å². The lowest BCUT2D eigenvalue weighted by molar-refractivity contribution is -0.384. The maximum Gasteiger partial charge on any atom is 0.270 e. The SMILES string of the molecule is O=C(Nc1cccc(SC(C(=O)NC2=NN(c3ccccc3)C(=O)C2)c2ccccc2)c1)c1cccc([N+](=O)[O-])c1. The smallest absolute Gasteiger partial charge is 0.270 e. The number of amides is 3. The van der Waals surface area contributed by atoms with Crippen molar-refractivity contribution in [3.8, 4) is 0 Å². The van der Waals surface area contributed by atoms with E-state index in [0.29, 0.717) is 16.3 Å². The number of hydrogen-bond donors (Lipinski definition) is 2. The van der Waals surface area contributed by atoms with E-state index in [-0.39, 0.29) is 35.3 Å². The van der Waals surface area contributed by atoms with Crippen LogP contribution in [0.15, 0.2) is 119 Å². The Morgan fingerprint density at radius 2 is 1.59 bits per heavy atom. The summed E-state index contributed by atoms with van der Waals surface area (Å²) in [6.45, 7) is 0. The fraction of sp³-hybridized carbons (Fsp3) is 0.0667. The molecule has 1 atom stereocenters. The molecule has 1 aliphatic rings. The summed E-state index contributed by atoms with van der Waals surface area (Å²) in [7, 11) is 0. The van der Waals surface area contributed by atoms with Crippen LogP contribution in [-0.4, -0.2) is 28.5 Å². The van der Waals surface area contributed by atoms with E-state index in [0.717, 1.165) is 5.56 Å². The summed E-state index contributed by atoms with van der Waals surface area (Å²) in [4.78, 5) is 50.0. The highest BCUT2D eigenvalue weighted by Gasteiger charge is 2.29. The van der Waals surface area contributed by atoms with Crippen LogP contribution >= 0.6 is 11.8 Å². The Bertz CT molecular complexity index is 1650. The lowest BCUT2D eigenvalue weighted by Crippen LogP contribution is -2.33. The van der Waals surface area contributed by atoms with E-state index < -0.39 is 16.1 Å². The van der Waals surface area contributed by atoms with Gasteiger partial charge in [0.25, 0.3) is 17.5 Å². The zero-order valence-corrected chi connectivity index (χ0v) is 22.3. The summed E-state index contributed by atoms with van der Waals surface area (Å²) in [5.41, 5.74) is 1.78. The Balaban J connectivity index is 1.33. The van der Waals surface area contributed by atoms with Crippen molar-refractivity contribution in [2.24, 2.45) is 5.10 Å².